The van der Waals surface area contributed by atoms with Gasteiger partial charge in [-0.15, -0.1) is 0 Å². The van der Waals surface area contributed by atoms with Crippen LogP contribution in [-0.4, -0.2) is 62.5 Å². The zero-order valence-electron chi connectivity index (χ0n) is 23.9. The lowest BCUT2D eigenvalue weighted by atomic mass is 9.73. The van der Waals surface area contributed by atoms with Crippen molar-refractivity contribution in [3.8, 4) is 0 Å². The Bertz CT molecular complexity index is 811. The van der Waals surface area contributed by atoms with Crippen molar-refractivity contribution in [1.29, 1.82) is 0 Å². The summed E-state index contributed by atoms with van der Waals surface area (Å²) in [5, 5.41) is 18.9. The number of hydrogen-bond acceptors (Lipinski definition) is 4. The Morgan fingerprint density at radius 1 is 1.16 bits per heavy atom. The highest BCUT2D eigenvalue weighted by molar-refractivity contribution is 5.74. The number of piperidine rings is 1. The summed E-state index contributed by atoms with van der Waals surface area (Å²) in [6.07, 6.45) is 12.0. The highest BCUT2D eigenvalue weighted by Crippen LogP contribution is 2.40. The molecule has 0 spiro atoms. The summed E-state index contributed by atoms with van der Waals surface area (Å²) in [6, 6.07) is 8.66. The minimum Gasteiger partial charge on any atom is -0.385 e. The Morgan fingerprint density at radius 3 is 2.65 bits per heavy atom. The lowest BCUT2D eigenvalue weighted by molar-refractivity contribution is -0.0564. The maximum absolute atomic E-state index is 13.5. The van der Waals surface area contributed by atoms with E-state index in [9.17, 15) is 9.90 Å². The molecule has 1 saturated heterocycles. The van der Waals surface area contributed by atoms with E-state index in [2.05, 4.69) is 48.7 Å². The molecule has 1 heterocycles. The van der Waals surface area contributed by atoms with Crippen LogP contribution in [0.15, 0.2) is 24.3 Å². The average molecular weight is 516 g/mol. The number of unbranched alkanes of at least 4 members (excludes halogenated alkanes) is 1. The number of methoxy groups -OCH3 is 1. The first-order valence-corrected chi connectivity index (χ1v) is 14.9. The maximum atomic E-state index is 13.5. The number of benzene rings is 1. The van der Waals surface area contributed by atoms with Gasteiger partial charge in [0.1, 0.15) is 0 Å². The van der Waals surface area contributed by atoms with E-state index >= 15 is 0 Å². The summed E-state index contributed by atoms with van der Waals surface area (Å²) >= 11 is 0. The normalized spacial score (nSPS) is 21.6. The van der Waals surface area contributed by atoms with Gasteiger partial charge in [-0.3, -0.25) is 0 Å². The number of urea groups is 1. The molecular weight excluding hydrogens is 462 g/mol. The first-order valence-electron chi connectivity index (χ1n) is 14.9. The summed E-state index contributed by atoms with van der Waals surface area (Å²) in [5.74, 6) is 1.13. The van der Waals surface area contributed by atoms with Crippen LogP contribution in [0.2, 0.25) is 0 Å². The molecule has 2 amide bonds. The van der Waals surface area contributed by atoms with E-state index in [1.165, 1.54) is 37.7 Å². The second kappa shape index (κ2) is 15.1. The third-order valence-electron chi connectivity index (χ3n) is 8.71. The predicted molar refractivity (Wildman–Crippen MR) is 152 cm³/mol. The van der Waals surface area contributed by atoms with Crippen molar-refractivity contribution in [2.45, 2.75) is 102 Å². The zero-order chi connectivity index (χ0) is 26.7. The number of carbonyl (C=O) groups is 1. The highest BCUT2D eigenvalue weighted by Gasteiger charge is 2.41. The molecule has 6 nitrogen and oxygen atoms in total. The lowest BCUT2D eigenvalue weighted by Crippen LogP contribution is -2.54. The smallest absolute Gasteiger partial charge is 0.317 e. The van der Waals surface area contributed by atoms with Crippen LogP contribution in [-0.2, 0) is 10.3 Å². The molecule has 0 unspecified atom stereocenters. The Labute approximate surface area is 225 Å². The van der Waals surface area contributed by atoms with Crippen molar-refractivity contribution in [2.75, 3.05) is 40.4 Å². The van der Waals surface area contributed by atoms with Crippen LogP contribution < -0.4 is 10.6 Å². The van der Waals surface area contributed by atoms with Crippen LogP contribution in [0.1, 0.15) is 102 Å². The van der Waals surface area contributed by atoms with E-state index in [4.69, 9.17) is 4.74 Å². The molecule has 1 saturated carbocycles. The van der Waals surface area contributed by atoms with Crippen molar-refractivity contribution in [3.63, 3.8) is 0 Å². The van der Waals surface area contributed by atoms with E-state index in [0.29, 0.717) is 31.4 Å². The summed E-state index contributed by atoms with van der Waals surface area (Å²) in [6.45, 7) is 7.23. The van der Waals surface area contributed by atoms with Crippen molar-refractivity contribution < 1.29 is 14.6 Å². The molecule has 1 aliphatic heterocycles. The monoisotopic (exact) mass is 515 g/mol. The third-order valence-corrected chi connectivity index (χ3v) is 8.71. The summed E-state index contributed by atoms with van der Waals surface area (Å²) in [4.78, 5) is 15.4. The lowest BCUT2D eigenvalue weighted by Gasteiger charge is -2.43. The van der Waals surface area contributed by atoms with Gasteiger partial charge in [0.25, 0.3) is 0 Å². The van der Waals surface area contributed by atoms with Crippen LogP contribution in [0, 0.1) is 11.8 Å². The molecule has 2 fully saturated rings. The van der Waals surface area contributed by atoms with Crippen molar-refractivity contribution >= 4 is 6.03 Å². The molecule has 3 N–H and O–H groups in total. The van der Waals surface area contributed by atoms with E-state index < -0.39 is 5.60 Å². The van der Waals surface area contributed by atoms with Gasteiger partial charge in [-0.25, -0.2) is 4.79 Å². The first kappa shape index (κ1) is 29.9. The molecule has 210 valence electrons. The first-order chi connectivity index (χ1) is 17.9. The van der Waals surface area contributed by atoms with Gasteiger partial charge in [-0.1, -0.05) is 70.2 Å². The maximum Gasteiger partial charge on any atom is 0.317 e. The third kappa shape index (κ3) is 8.69. The number of hydrogen-bond donors (Lipinski definition) is 3. The molecule has 0 aromatic heterocycles. The van der Waals surface area contributed by atoms with Crippen LogP contribution >= 0.6 is 0 Å². The second-order valence-corrected chi connectivity index (χ2v) is 11.9. The van der Waals surface area contributed by atoms with Crippen molar-refractivity contribution in [1.82, 2.24) is 15.5 Å². The van der Waals surface area contributed by atoms with E-state index in [0.717, 1.165) is 50.8 Å². The Morgan fingerprint density at radius 2 is 1.95 bits per heavy atom. The van der Waals surface area contributed by atoms with Gasteiger partial charge in [0.15, 0.2) is 0 Å². The molecule has 2 aliphatic rings. The van der Waals surface area contributed by atoms with Crippen LogP contribution in [0.4, 0.5) is 4.79 Å². The molecule has 1 aliphatic carbocycles. The van der Waals surface area contributed by atoms with Gasteiger partial charge in [-0.05, 0) is 68.5 Å². The number of nitrogens with one attached hydrogen (secondary N) is 2. The second-order valence-electron chi connectivity index (χ2n) is 11.9. The number of amides is 2. The molecular formula is C31H53N3O3. The summed E-state index contributed by atoms with van der Waals surface area (Å²) in [5.41, 5.74) is 1.29. The molecule has 37 heavy (non-hydrogen) atoms. The van der Waals surface area contributed by atoms with Crippen molar-refractivity contribution in [2.24, 2.45) is 11.8 Å². The SMILES string of the molecule is CNC[C@H](CC1CCCCC1)NC(=O)N1CCC[C@@H]([C@@](O)(CCCCOC)c2cccc(C(C)C)c2)C1. The fourth-order valence-corrected chi connectivity index (χ4v) is 6.47. The van der Waals surface area contributed by atoms with E-state index in [-0.39, 0.29) is 18.0 Å². The molecule has 0 radical (unpaired) electrons. The number of nitrogens with zero attached hydrogens (tertiary/aromatic N) is 1. The van der Waals surface area contributed by atoms with Gasteiger partial charge in [-0.2, -0.15) is 0 Å². The van der Waals surface area contributed by atoms with E-state index in [1.54, 1.807) is 7.11 Å². The number of likely N-dealkylation sites (tertiary alicyclic amines) is 1. The van der Waals surface area contributed by atoms with Gasteiger partial charge >= 0.3 is 6.03 Å². The zero-order valence-corrected chi connectivity index (χ0v) is 23.9. The van der Waals surface area contributed by atoms with Gasteiger partial charge in [0.05, 0.1) is 5.60 Å². The van der Waals surface area contributed by atoms with Crippen LogP contribution in [0.3, 0.4) is 0 Å². The van der Waals surface area contributed by atoms with Crippen LogP contribution in [0.25, 0.3) is 0 Å². The van der Waals surface area contributed by atoms with Gasteiger partial charge < -0.3 is 25.4 Å². The number of aliphatic hydroxyl groups is 1. The summed E-state index contributed by atoms with van der Waals surface area (Å²) in [7, 11) is 3.69. The molecule has 3 atom stereocenters. The predicted octanol–water partition coefficient (Wildman–Crippen LogP) is 5.79. The quantitative estimate of drug-likeness (QED) is 0.291. The van der Waals surface area contributed by atoms with Gasteiger partial charge in [0.2, 0.25) is 0 Å². The molecule has 0 bridgehead atoms. The average Bonchev–Trinajstić information content (AvgIpc) is 2.92. The minimum absolute atomic E-state index is 0.0121. The Kier molecular flexibility index (Phi) is 12.2. The van der Waals surface area contributed by atoms with Gasteiger partial charge in [0, 0.05) is 45.3 Å². The summed E-state index contributed by atoms with van der Waals surface area (Å²) < 4.78 is 5.27. The highest BCUT2D eigenvalue weighted by atomic mass is 16.5. The number of ether oxygens (including phenoxy) is 1. The number of rotatable bonds is 13. The molecule has 6 heteroatoms. The minimum atomic E-state index is -0.954. The molecule has 1 aromatic carbocycles. The Balaban J connectivity index is 1.72. The van der Waals surface area contributed by atoms with E-state index in [1.807, 2.05) is 11.9 Å². The largest absolute Gasteiger partial charge is 0.385 e. The fraction of sp³-hybridized carbons (Fsp3) is 0.774. The topological polar surface area (TPSA) is 73.8 Å². The van der Waals surface area contributed by atoms with Crippen LogP contribution in [0.5, 0.6) is 0 Å². The Hall–Kier alpha value is -1.63. The fourth-order valence-electron chi connectivity index (χ4n) is 6.47. The van der Waals surface area contributed by atoms with Crippen molar-refractivity contribution in [3.05, 3.63) is 35.4 Å². The molecule has 3 rings (SSSR count). The molecule has 1 aromatic rings. The standard InChI is InChI=1S/C31H53N3O3/c1-24(2)26-14-10-15-27(21-26)31(36,17-8-9-19-37-4)28-16-11-18-34(23-28)30(35)33-29(22-32-3)20-25-12-6-5-7-13-25/h10,14-15,21,24-25,28-29,32,36H,5-9,11-13,16-20,22-23H2,1-4H3,(H,33,35)/t28-,29+,31-/m1/s1. The number of carbonyl (C=O) groups excluding carboxylic acids is 1. The number of likely N-dealkylation sites (N-methyl/N-ethyl adjacent to an activating group) is 1.